The summed E-state index contributed by atoms with van der Waals surface area (Å²) >= 11 is 0. The van der Waals surface area contributed by atoms with Crippen LogP contribution >= 0.6 is 0 Å². The van der Waals surface area contributed by atoms with Crippen molar-refractivity contribution in [2.75, 3.05) is 4.31 Å². The molecule has 0 aliphatic rings. The lowest BCUT2D eigenvalue weighted by atomic mass is 10.0. The number of aliphatic carboxylic acids is 1. The van der Waals surface area contributed by atoms with Crippen LogP contribution in [-0.2, 0) is 15.1 Å². The summed E-state index contributed by atoms with van der Waals surface area (Å²) < 4.78 is 33.5. The summed E-state index contributed by atoms with van der Waals surface area (Å²) in [5.41, 5.74) is -1.72. The van der Waals surface area contributed by atoms with E-state index in [0.717, 1.165) is 5.39 Å². The van der Waals surface area contributed by atoms with Gasteiger partial charge < -0.3 is 5.11 Å². The monoisotopic (exact) mass is 309 g/mol. The second-order valence-electron chi connectivity index (χ2n) is 5.10. The van der Waals surface area contributed by atoms with Crippen LogP contribution in [-0.4, -0.2) is 29.6 Å². The van der Waals surface area contributed by atoms with Crippen molar-refractivity contribution in [3.63, 3.8) is 0 Å². The van der Waals surface area contributed by atoms with E-state index in [1.807, 2.05) is 0 Å². The van der Waals surface area contributed by atoms with Crippen LogP contribution in [0, 0.1) is 0 Å². The summed E-state index contributed by atoms with van der Waals surface area (Å²) in [5.74, 6) is -1.37. The maximum atomic E-state index is 11.7. The van der Waals surface area contributed by atoms with Crippen molar-refractivity contribution in [2.45, 2.75) is 19.4 Å². The molecule has 2 rings (SSSR count). The highest BCUT2D eigenvalue weighted by Gasteiger charge is 2.42. The lowest BCUT2D eigenvalue weighted by Gasteiger charge is -2.34. The van der Waals surface area contributed by atoms with Gasteiger partial charge in [0, 0.05) is 5.39 Å². The Morgan fingerprint density at radius 2 is 1.67 bits per heavy atom. The van der Waals surface area contributed by atoms with Crippen LogP contribution < -0.4 is 4.31 Å². The standard InChI is InChI=1S/C14H15NO5S/c1-14(2,13(16)17)15(21(18,19)20)12-9-5-7-10-6-3-4-8-11(10)12/h3-9H,1-2H3,(H,16,17)(H,18,19,20). The smallest absolute Gasteiger partial charge is 0.361 e. The van der Waals surface area contributed by atoms with Crippen LogP contribution in [0.5, 0.6) is 0 Å². The molecule has 2 N–H and O–H groups in total. The van der Waals surface area contributed by atoms with Crippen LogP contribution in [0.15, 0.2) is 42.5 Å². The molecule has 112 valence electrons. The molecule has 0 amide bonds. The molecule has 6 nitrogen and oxygen atoms in total. The third kappa shape index (κ3) is 2.70. The number of carboxylic acids is 1. The SMILES string of the molecule is CC(C)(C(=O)O)N(c1cccc2ccccc12)S(=O)(=O)O. The van der Waals surface area contributed by atoms with Gasteiger partial charge in [-0.3, -0.25) is 4.55 Å². The average molecular weight is 309 g/mol. The number of fused-ring (bicyclic) bond motifs is 1. The third-order valence-electron chi connectivity index (χ3n) is 3.25. The predicted octanol–water partition coefficient (Wildman–Crippen LogP) is 2.31. The summed E-state index contributed by atoms with van der Waals surface area (Å²) in [6.07, 6.45) is 0. The van der Waals surface area contributed by atoms with Crippen LogP contribution in [0.4, 0.5) is 5.69 Å². The zero-order valence-corrected chi connectivity index (χ0v) is 12.3. The van der Waals surface area contributed by atoms with E-state index >= 15 is 0 Å². The summed E-state index contributed by atoms with van der Waals surface area (Å²) in [7, 11) is -4.76. The molecule has 21 heavy (non-hydrogen) atoms. The van der Waals surface area contributed by atoms with E-state index in [9.17, 15) is 22.9 Å². The van der Waals surface area contributed by atoms with Crippen molar-refractivity contribution in [2.24, 2.45) is 0 Å². The van der Waals surface area contributed by atoms with Crippen molar-refractivity contribution >= 4 is 32.7 Å². The first-order chi connectivity index (χ1) is 9.65. The predicted molar refractivity (Wildman–Crippen MR) is 79.7 cm³/mol. The normalized spacial score (nSPS) is 12.3. The average Bonchev–Trinajstić information content (AvgIpc) is 2.37. The fourth-order valence-corrected chi connectivity index (χ4v) is 3.25. The quantitative estimate of drug-likeness (QED) is 0.845. The van der Waals surface area contributed by atoms with Crippen molar-refractivity contribution < 1.29 is 22.9 Å². The molecule has 0 aromatic heterocycles. The number of carboxylic acid groups (broad SMARTS) is 1. The van der Waals surface area contributed by atoms with Crippen molar-refractivity contribution in [3.05, 3.63) is 42.5 Å². The van der Waals surface area contributed by atoms with E-state index in [1.54, 1.807) is 36.4 Å². The first-order valence-electron chi connectivity index (χ1n) is 6.14. The van der Waals surface area contributed by atoms with Crippen LogP contribution in [0.1, 0.15) is 13.8 Å². The molecule has 0 aliphatic carbocycles. The molecule has 0 spiro atoms. The largest absolute Gasteiger partial charge is 0.479 e. The Hall–Kier alpha value is -2.12. The molecule has 2 aromatic carbocycles. The summed E-state index contributed by atoms with van der Waals surface area (Å²) in [6, 6.07) is 11.8. The first kappa shape index (κ1) is 15.3. The molecular weight excluding hydrogens is 294 g/mol. The van der Waals surface area contributed by atoms with Gasteiger partial charge in [-0.05, 0) is 25.3 Å². The second-order valence-corrected chi connectivity index (χ2v) is 6.37. The fourth-order valence-electron chi connectivity index (χ4n) is 2.19. The Morgan fingerprint density at radius 1 is 1.10 bits per heavy atom. The van der Waals surface area contributed by atoms with Crippen LogP contribution in [0.2, 0.25) is 0 Å². The number of nitrogens with zero attached hydrogens (tertiary/aromatic N) is 1. The van der Waals surface area contributed by atoms with Gasteiger partial charge in [0.15, 0.2) is 0 Å². The summed E-state index contributed by atoms with van der Waals surface area (Å²) in [5, 5.41) is 10.6. The van der Waals surface area contributed by atoms with Gasteiger partial charge in [-0.1, -0.05) is 36.4 Å². The lowest BCUT2D eigenvalue weighted by molar-refractivity contribution is -0.141. The number of rotatable bonds is 4. The molecule has 0 saturated heterocycles. The molecular formula is C14H15NO5S. The fraction of sp³-hybridized carbons (Fsp3) is 0.214. The topological polar surface area (TPSA) is 94.9 Å². The van der Waals surface area contributed by atoms with E-state index in [4.69, 9.17) is 0 Å². The number of carbonyl (C=O) groups is 1. The maximum absolute atomic E-state index is 11.7. The van der Waals surface area contributed by atoms with Crippen molar-refractivity contribution in [3.8, 4) is 0 Å². The molecule has 0 radical (unpaired) electrons. The third-order valence-corrected chi connectivity index (χ3v) is 4.36. The Balaban J connectivity index is 2.81. The lowest BCUT2D eigenvalue weighted by Crippen LogP contribution is -2.53. The van der Waals surface area contributed by atoms with Gasteiger partial charge >= 0.3 is 16.3 Å². The molecule has 0 saturated carbocycles. The number of anilines is 1. The van der Waals surface area contributed by atoms with Gasteiger partial charge in [0.1, 0.15) is 5.54 Å². The number of benzene rings is 2. The Bertz CT molecular complexity index is 793. The number of hydrogen-bond donors (Lipinski definition) is 2. The van der Waals surface area contributed by atoms with Crippen LogP contribution in [0.3, 0.4) is 0 Å². The molecule has 2 aromatic rings. The molecule has 0 atom stereocenters. The minimum Gasteiger partial charge on any atom is -0.479 e. The second kappa shape index (κ2) is 5.01. The van der Waals surface area contributed by atoms with E-state index in [2.05, 4.69) is 0 Å². The van der Waals surface area contributed by atoms with Gasteiger partial charge in [-0.2, -0.15) is 8.42 Å². The highest BCUT2D eigenvalue weighted by atomic mass is 32.2. The Labute approximate surface area is 122 Å². The Kier molecular flexibility index (Phi) is 3.65. The van der Waals surface area contributed by atoms with E-state index in [1.165, 1.54) is 19.9 Å². The Morgan fingerprint density at radius 3 is 2.24 bits per heavy atom. The minimum atomic E-state index is -4.76. The van der Waals surface area contributed by atoms with E-state index in [0.29, 0.717) is 9.69 Å². The highest BCUT2D eigenvalue weighted by Crippen LogP contribution is 2.33. The molecule has 0 heterocycles. The van der Waals surface area contributed by atoms with Crippen molar-refractivity contribution in [1.82, 2.24) is 0 Å². The molecule has 0 unspecified atom stereocenters. The molecule has 0 aliphatic heterocycles. The van der Waals surface area contributed by atoms with Gasteiger partial charge in [0.05, 0.1) is 5.69 Å². The van der Waals surface area contributed by atoms with Gasteiger partial charge in [0.25, 0.3) is 0 Å². The van der Waals surface area contributed by atoms with E-state index < -0.39 is 21.8 Å². The zero-order chi connectivity index (χ0) is 15.8. The highest BCUT2D eigenvalue weighted by molar-refractivity contribution is 7.87. The molecule has 7 heteroatoms. The van der Waals surface area contributed by atoms with E-state index in [-0.39, 0.29) is 5.69 Å². The number of hydrogen-bond acceptors (Lipinski definition) is 3. The zero-order valence-electron chi connectivity index (χ0n) is 11.5. The van der Waals surface area contributed by atoms with Crippen LogP contribution in [0.25, 0.3) is 10.8 Å². The summed E-state index contributed by atoms with van der Waals surface area (Å²) in [6.45, 7) is 2.43. The molecule has 0 bridgehead atoms. The van der Waals surface area contributed by atoms with Crippen molar-refractivity contribution in [1.29, 1.82) is 0 Å². The first-order valence-corrected chi connectivity index (χ1v) is 7.54. The van der Waals surface area contributed by atoms with Gasteiger partial charge in [0.2, 0.25) is 0 Å². The van der Waals surface area contributed by atoms with Gasteiger partial charge in [-0.25, -0.2) is 9.10 Å². The van der Waals surface area contributed by atoms with Gasteiger partial charge in [-0.15, -0.1) is 0 Å². The molecule has 0 fully saturated rings. The minimum absolute atomic E-state index is 0.114. The summed E-state index contributed by atoms with van der Waals surface area (Å²) in [4.78, 5) is 11.4. The maximum Gasteiger partial charge on any atom is 0.361 e.